The summed E-state index contributed by atoms with van der Waals surface area (Å²) in [4.78, 5) is 39.1. The molecule has 4 rings (SSSR count). The van der Waals surface area contributed by atoms with E-state index in [0.29, 0.717) is 21.9 Å². The first-order chi connectivity index (χ1) is 15.0. The number of aromatic nitrogens is 1. The van der Waals surface area contributed by atoms with Crippen molar-refractivity contribution >= 4 is 34.9 Å². The molecule has 31 heavy (non-hydrogen) atoms. The van der Waals surface area contributed by atoms with Gasteiger partial charge in [-0.25, -0.2) is 0 Å². The Balaban J connectivity index is 1.41. The third kappa shape index (κ3) is 4.44. The molecule has 0 spiro atoms. The lowest BCUT2D eigenvalue weighted by molar-refractivity contribution is -0.122. The van der Waals surface area contributed by atoms with Crippen LogP contribution in [0, 0.1) is 6.92 Å². The molecule has 2 aromatic carbocycles. The van der Waals surface area contributed by atoms with Crippen molar-refractivity contribution in [2.45, 2.75) is 6.92 Å². The van der Waals surface area contributed by atoms with E-state index in [4.69, 9.17) is 4.52 Å². The van der Waals surface area contributed by atoms with Crippen LogP contribution in [0.25, 0.3) is 17.3 Å². The summed E-state index contributed by atoms with van der Waals surface area (Å²) in [7, 11) is 0. The molecule has 0 radical (unpaired) electrons. The maximum Gasteiger partial charge on any atom is 0.293 e. The van der Waals surface area contributed by atoms with Gasteiger partial charge in [-0.05, 0) is 30.3 Å². The molecule has 0 atom stereocenters. The lowest BCUT2D eigenvalue weighted by atomic mass is 10.1. The number of thioether (sulfide) groups is 1. The molecule has 0 saturated carbocycles. The molecule has 1 N–H and O–H groups in total. The van der Waals surface area contributed by atoms with Crippen molar-refractivity contribution in [1.29, 1.82) is 0 Å². The van der Waals surface area contributed by atoms with E-state index in [1.54, 1.807) is 13.0 Å². The van der Waals surface area contributed by atoms with Gasteiger partial charge in [0.1, 0.15) is 17.0 Å². The number of carbonyl (C=O) groups is 3. The molecule has 1 aliphatic rings. The highest BCUT2D eigenvalue weighted by Crippen LogP contribution is 2.32. The highest BCUT2D eigenvalue weighted by atomic mass is 32.2. The highest BCUT2D eigenvalue weighted by Gasteiger charge is 2.34. The Bertz CT molecular complexity index is 1160. The van der Waals surface area contributed by atoms with Crippen molar-refractivity contribution in [2.24, 2.45) is 0 Å². The minimum atomic E-state index is -0.371. The van der Waals surface area contributed by atoms with Crippen molar-refractivity contribution < 1.29 is 18.9 Å². The summed E-state index contributed by atoms with van der Waals surface area (Å²) in [6, 6.07) is 18.6. The van der Waals surface area contributed by atoms with Gasteiger partial charge in [0.2, 0.25) is 0 Å². The summed E-state index contributed by atoms with van der Waals surface area (Å²) < 4.78 is 5.22. The van der Waals surface area contributed by atoms with E-state index in [2.05, 4.69) is 10.5 Å². The molecule has 3 aromatic rings. The molecule has 2 heterocycles. The maximum absolute atomic E-state index is 12.7. The first-order valence-electron chi connectivity index (χ1n) is 9.65. The number of nitrogens with zero attached hydrogens (tertiary/aromatic N) is 2. The number of hydrogen-bond acceptors (Lipinski definition) is 6. The van der Waals surface area contributed by atoms with Crippen LogP contribution in [0.3, 0.4) is 0 Å². The summed E-state index contributed by atoms with van der Waals surface area (Å²) in [5.41, 5.74) is 2.40. The van der Waals surface area contributed by atoms with Crippen LogP contribution in [0.4, 0.5) is 4.79 Å². The SMILES string of the molecule is Cc1onc(-c2ccccc2)c1C(=O)NCCN1C(=O)SC(=Cc2ccccc2)C1=O. The summed E-state index contributed by atoms with van der Waals surface area (Å²) in [6.07, 6.45) is 1.69. The van der Waals surface area contributed by atoms with Crippen LogP contribution in [0.5, 0.6) is 0 Å². The number of nitrogens with one attached hydrogen (secondary N) is 1. The number of amides is 3. The van der Waals surface area contributed by atoms with Gasteiger partial charge >= 0.3 is 0 Å². The zero-order valence-corrected chi connectivity index (χ0v) is 17.5. The molecular formula is C23H19N3O4S. The number of hydrogen-bond donors (Lipinski definition) is 1. The van der Waals surface area contributed by atoms with Crippen molar-refractivity contribution in [3.8, 4) is 11.3 Å². The molecule has 8 heteroatoms. The number of benzene rings is 2. The van der Waals surface area contributed by atoms with Gasteiger partial charge in [-0.15, -0.1) is 0 Å². The summed E-state index contributed by atoms with van der Waals surface area (Å²) in [5.74, 6) is -0.336. The fourth-order valence-corrected chi connectivity index (χ4v) is 4.06. The molecule has 1 fully saturated rings. The molecule has 0 aliphatic carbocycles. The van der Waals surface area contributed by atoms with Crippen LogP contribution in [0.15, 0.2) is 70.1 Å². The lowest BCUT2D eigenvalue weighted by Crippen LogP contribution is -2.37. The Hall–Kier alpha value is -3.65. The van der Waals surface area contributed by atoms with Gasteiger partial charge in [0.05, 0.1) is 4.91 Å². The van der Waals surface area contributed by atoms with Gasteiger partial charge in [-0.3, -0.25) is 19.3 Å². The average Bonchev–Trinajstić information content (AvgIpc) is 3.29. The first kappa shape index (κ1) is 20.6. The van der Waals surface area contributed by atoms with Gasteiger partial charge in [0.25, 0.3) is 17.1 Å². The highest BCUT2D eigenvalue weighted by molar-refractivity contribution is 8.18. The topological polar surface area (TPSA) is 92.5 Å². The van der Waals surface area contributed by atoms with Crippen molar-refractivity contribution in [3.63, 3.8) is 0 Å². The Morgan fingerprint density at radius 1 is 1.10 bits per heavy atom. The van der Waals surface area contributed by atoms with Gasteiger partial charge in [-0.2, -0.15) is 0 Å². The number of imide groups is 1. The molecule has 156 valence electrons. The Labute approximate surface area is 183 Å². The van der Waals surface area contributed by atoms with E-state index in [9.17, 15) is 14.4 Å². The van der Waals surface area contributed by atoms with Gasteiger partial charge in [0.15, 0.2) is 0 Å². The molecule has 1 aliphatic heterocycles. The zero-order valence-electron chi connectivity index (χ0n) is 16.7. The van der Waals surface area contributed by atoms with E-state index in [0.717, 1.165) is 27.8 Å². The van der Waals surface area contributed by atoms with E-state index >= 15 is 0 Å². The largest absolute Gasteiger partial charge is 0.360 e. The molecule has 1 aromatic heterocycles. The van der Waals surface area contributed by atoms with Crippen LogP contribution in [-0.2, 0) is 4.79 Å². The van der Waals surface area contributed by atoms with Gasteiger partial charge < -0.3 is 9.84 Å². The van der Waals surface area contributed by atoms with Crippen LogP contribution >= 0.6 is 11.8 Å². The summed E-state index contributed by atoms with van der Waals surface area (Å²) in [6.45, 7) is 1.86. The average molecular weight is 433 g/mol. The quantitative estimate of drug-likeness (QED) is 0.588. The lowest BCUT2D eigenvalue weighted by Gasteiger charge is -2.13. The predicted octanol–water partition coefficient (Wildman–Crippen LogP) is 4.12. The standard InChI is InChI=1S/C23H19N3O4S/c1-15-19(20(25-30-15)17-10-6-3-7-11-17)21(27)24-12-13-26-22(28)18(31-23(26)29)14-16-8-4-2-5-9-16/h2-11,14H,12-13H2,1H3,(H,24,27). The van der Waals surface area contributed by atoms with E-state index in [1.807, 2.05) is 60.7 Å². The molecule has 0 unspecified atom stereocenters. The van der Waals surface area contributed by atoms with Crippen molar-refractivity contribution in [1.82, 2.24) is 15.4 Å². The third-order valence-corrected chi connectivity index (χ3v) is 5.64. The van der Waals surface area contributed by atoms with Crippen LogP contribution in [0.1, 0.15) is 21.7 Å². The smallest absolute Gasteiger partial charge is 0.293 e. The van der Waals surface area contributed by atoms with E-state index < -0.39 is 0 Å². The summed E-state index contributed by atoms with van der Waals surface area (Å²) >= 11 is 0.896. The molecular weight excluding hydrogens is 414 g/mol. The second kappa shape index (κ2) is 9.01. The molecule has 3 amide bonds. The van der Waals surface area contributed by atoms with Gasteiger partial charge in [0, 0.05) is 18.7 Å². The number of carbonyl (C=O) groups excluding carboxylic acids is 3. The minimum absolute atomic E-state index is 0.0769. The first-order valence-corrected chi connectivity index (χ1v) is 10.5. The molecule has 0 bridgehead atoms. The Morgan fingerprint density at radius 2 is 1.77 bits per heavy atom. The maximum atomic E-state index is 12.7. The van der Waals surface area contributed by atoms with E-state index in [1.165, 1.54) is 0 Å². The second-order valence-electron chi connectivity index (χ2n) is 6.83. The van der Waals surface area contributed by atoms with Crippen molar-refractivity contribution in [3.05, 3.63) is 82.5 Å². The zero-order chi connectivity index (χ0) is 21.8. The Kier molecular flexibility index (Phi) is 5.99. The number of aryl methyl sites for hydroxylation is 1. The normalized spacial score (nSPS) is 15.0. The Morgan fingerprint density at radius 3 is 2.48 bits per heavy atom. The molecule has 1 saturated heterocycles. The van der Waals surface area contributed by atoms with Crippen molar-refractivity contribution in [2.75, 3.05) is 13.1 Å². The fraction of sp³-hybridized carbons (Fsp3) is 0.130. The summed E-state index contributed by atoms with van der Waals surface area (Å²) in [5, 5.41) is 6.40. The fourth-order valence-electron chi connectivity index (χ4n) is 3.20. The van der Waals surface area contributed by atoms with Gasteiger partial charge in [-0.1, -0.05) is 65.8 Å². The third-order valence-electron chi connectivity index (χ3n) is 4.73. The predicted molar refractivity (Wildman–Crippen MR) is 118 cm³/mol. The second-order valence-corrected chi connectivity index (χ2v) is 7.82. The van der Waals surface area contributed by atoms with Crippen LogP contribution < -0.4 is 5.32 Å². The van der Waals surface area contributed by atoms with E-state index in [-0.39, 0.29) is 30.1 Å². The number of rotatable bonds is 6. The molecule has 7 nitrogen and oxygen atoms in total. The van der Waals surface area contributed by atoms with Crippen LogP contribution in [0.2, 0.25) is 0 Å². The minimum Gasteiger partial charge on any atom is -0.360 e. The monoisotopic (exact) mass is 433 g/mol. The van der Waals surface area contributed by atoms with Crippen LogP contribution in [-0.4, -0.2) is 40.2 Å².